The number of aromatic nitrogens is 2. The molecule has 1 saturated carbocycles. The van der Waals surface area contributed by atoms with Gasteiger partial charge in [-0.2, -0.15) is 5.10 Å². The van der Waals surface area contributed by atoms with Crippen molar-refractivity contribution in [1.29, 1.82) is 0 Å². The van der Waals surface area contributed by atoms with E-state index in [1.807, 2.05) is 32.0 Å². The molecule has 0 saturated heterocycles. The van der Waals surface area contributed by atoms with E-state index >= 15 is 0 Å². The Kier molecular flexibility index (Phi) is 5.21. The van der Waals surface area contributed by atoms with Crippen LogP contribution in [0.1, 0.15) is 56.9 Å². The van der Waals surface area contributed by atoms with Crippen molar-refractivity contribution in [1.82, 2.24) is 15.1 Å². The van der Waals surface area contributed by atoms with Crippen molar-refractivity contribution in [3.8, 4) is 0 Å². The molecule has 1 N–H and O–H groups in total. The van der Waals surface area contributed by atoms with Crippen molar-refractivity contribution < 1.29 is 4.79 Å². The third-order valence-electron chi connectivity index (χ3n) is 5.05. The largest absolute Gasteiger partial charge is 0.348 e. The van der Waals surface area contributed by atoms with Crippen LogP contribution in [-0.2, 0) is 6.54 Å². The van der Waals surface area contributed by atoms with Gasteiger partial charge >= 0.3 is 0 Å². The van der Waals surface area contributed by atoms with Crippen LogP contribution in [0.25, 0.3) is 10.8 Å². The molecule has 1 amide bonds. The van der Waals surface area contributed by atoms with Crippen LogP contribution >= 0.6 is 0 Å². The molecule has 0 unspecified atom stereocenters. The van der Waals surface area contributed by atoms with Crippen LogP contribution in [0.5, 0.6) is 0 Å². The van der Waals surface area contributed by atoms with E-state index in [0.29, 0.717) is 28.9 Å². The molecule has 5 heteroatoms. The van der Waals surface area contributed by atoms with Gasteiger partial charge in [0.1, 0.15) is 0 Å². The fourth-order valence-electron chi connectivity index (χ4n) is 3.64. The minimum absolute atomic E-state index is 0.133. The van der Waals surface area contributed by atoms with Crippen molar-refractivity contribution in [2.75, 3.05) is 0 Å². The van der Waals surface area contributed by atoms with Crippen molar-refractivity contribution in [3.63, 3.8) is 0 Å². The first kappa shape index (κ1) is 17.6. The lowest BCUT2D eigenvalue weighted by molar-refractivity contribution is 0.0904. The standard InChI is InChI=1S/C20H27N3O2/c1-13(2)12-23-20(25)16-10-6-5-9-15(16)18(22-23)19(24)21-17-11-7-4-8-14(17)3/h5-6,9-10,13-14,17H,4,7-8,11-12H2,1-3H3,(H,21,24)/t14-,17+/m0/s1. The van der Waals surface area contributed by atoms with Crippen molar-refractivity contribution >= 4 is 16.7 Å². The molecular formula is C20H27N3O2. The van der Waals surface area contributed by atoms with Gasteiger partial charge in [-0.15, -0.1) is 0 Å². The van der Waals surface area contributed by atoms with Crippen LogP contribution in [-0.4, -0.2) is 21.7 Å². The molecule has 5 nitrogen and oxygen atoms in total. The number of carbonyl (C=O) groups is 1. The average molecular weight is 341 g/mol. The number of carbonyl (C=O) groups excluding carboxylic acids is 1. The molecule has 1 aliphatic carbocycles. The first-order chi connectivity index (χ1) is 12.0. The van der Waals surface area contributed by atoms with E-state index < -0.39 is 0 Å². The number of fused-ring (bicyclic) bond motifs is 1. The van der Waals surface area contributed by atoms with Crippen LogP contribution in [0.3, 0.4) is 0 Å². The van der Waals surface area contributed by atoms with Gasteiger partial charge in [0.15, 0.2) is 5.69 Å². The molecule has 0 spiro atoms. The van der Waals surface area contributed by atoms with Gasteiger partial charge < -0.3 is 5.32 Å². The smallest absolute Gasteiger partial charge is 0.274 e. The number of hydrogen-bond acceptors (Lipinski definition) is 3. The second kappa shape index (κ2) is 7.38. The van der Waals surface area contributed by atoms with Crippen molar-refractivity contribution in [2.24, 2.45) is 11.8 Å². The molecule has 2 aromatic rings. The molecule has 1 aliphatic rings. The summed E-state index contributed by atoms with van der Waals surface area (Å²) in [5.74, 6) is 0.582. The number of benzene rings is 1. The molecule has 25 heavy (non-hydrogen) atoms. The Morgan fingerprint density at radius 2 is 1.92 bits per heavy atom. The Labute approximate surface area is 148 Å². The molecule has 3 rings (SSSR count). The predicted octanol–water partition coefficient (Wildman–Crippen LogP) is 3.36. The lowest BCUT2D eigenvalue weighted by Crippen LogP contribution is -2.42. The monoisotopic (exact) mass is 341 g/mol. The molecule has 1 heterocycles. The summed E-state index contributed by atoms with van der Waals surface area (Å²) in [5.41, 5.74) is 0.223. The number of nitrogens with one attached hydrogen (secondary N) is 1. The average Bonchev–Trinajstić information content (AvgIpc) is 2.59. The summed E-state index contributed by atoms with van der Waals surface area (Å²) in [6.45, 7) is 6.76. The number of hydrogen-bond donors (Lipinski definition) is 1. The normalized spacial score (nSPS) is 20.8. The van der Waals surface area contributed by atoms with Crippen LogP contribution < -0.4 is 10.9 Å². The van der Waals surface area contributed by atoms with E-state index in [4.69, 9.17) is 0 Å². The zero-order valence-corrected chi connectivity index (χ0v) is 15.3. The Morgan fingerprint density at radius 1 is 1.24 bits per heavy atom. The van der Waals surface area contributed by atoms with E-state index in [1.165, 1.54) is 11.1 Å². The van der Waals surface area contributed by atoms with Gasteiger partial charge in [-0.05, 0) is 30.7 Å². The summed E-state index contributed by atoms with van der Waals surface area (Å²) in [5, 5.41) is 8.77. The predicted molar refractivity (Wildman–Crippen MR) is 99.7 cm³/mol. The molecule has 1 aromatic heterocycles. The highest BCUT2D eigenvalue weighted by Crippen LogP contribution is 2.24. The lowest BCUT2D eigenvalue weighted by atomic mass is 9.86. The third-order valence-corrected chi connectivity index (χ3v) is 5.05. The van der Waals surface area contributed by atoms with E-state index in [1.54, 1.807) is 6.07 Å². The molecular weight excluding hydrogens is 314 g/mol. The second-order valence-corrected chi connectivity index (χ2v) is 7.62. The van der Waals surface area contributed by atoms with Crippen LogP contribution in [0.4, 0.5) is 0 Å². The van der Waals surface area contributed by atoms with Crippen molar-refractivity contribution in [3.05, 3.63) is 40.3 Å². The Balaban J connectivity index is 2.00. The molecule has 1 fully saturated rings. The maximum absolute atomic E-state index is 12.9. The van der Waals surface area contributed by atoms with Gasteiger partial charge in [-0.25, -0.2) is 4.68 Å². The fourth-order valence-corrected chi connectivity index (χ4v) is 3.64. The zero-order valence-electron chi connectivity index (χ0n) is 15.3. The van der Waals surface area contributed by atoms with Gasteiger partial charge in [0, 0.05) is 18.0 Å². The molecule has 1 aromatic carbocycles. The summed E-state index contributed by atoms with van der Waals surface area (Å²) in [6.07, 6.45) is 4.53. The Hall–Kier alpha value is -2.17. The first-order valence-electron chi connectivity index (χ1n) is 9.28. The van der Waals surface area contributed by atoms with Gasteiger partial charge in [0.2, 0.25) is 0 Å². The SMILES string of the molecule is CC(C)Cn1nc(C(=O)N[C@@H]2CCCC[C@@H]2C)c2ccccc2c1=O. The first-order valence-corrected chi connectivity index (χ1v) is 9.28. The van der Waals surface area contributed by atoms with E-state index in [-0.39, 0.29) is 23.4 Å². The summed E-state index contributed by atoms with van der Waals surface area (Å²) in [7, 11) is 0. The minimum Gasteiger partial charge on any atom is -0.348 e. The molecule has 0 aliphatic heterocycles. The molecule has 0 bridgehead atoms. The van der Waals surface area contributed by atoms with E-state index in [2.05, 4.69) is 17.3 Å². The maximum Gasteiger partial charge on any atom is 0.274 e. The summed E-state index contributed by atoms with van der Waals surface area (Å²) < 4.78 is 1.44. The van der Waals surface area contributed by atoms with Crippen molar-refractivity contribution in [2.45, 2.75) is 59.0 Å². The highest BCUT2D eigenvalue weighted by molar-refractivity contribution is 6.04. The molecule has 2 atom stereocenters. The minimum atomic E-state index is -0.174. The van der Waals surface area contributed by atoms with Gasteiger partial charge in [-0.3, -0.25) is 9.59 Å². The maximum atomic E-state index is 12.9. The highest BCUT2D eigenvalue weighted by atomic mass is 16.2. The Morgan fingerprint density at radius 3 is 2.60 bits per heavy atom. The number of amides is 1. The van der Waals surface area contributed by atoms with E-state index in [0.717, 1.165) is 19.3 Å². The second-order valence-electron chi connectivity index (χ2n) is 7.62. The van der Waals surface area contributed by atoms with Crippen LogP contribution in [0, 0.1) is 11.8 Å². The number of nitrogens with zero attached hydrogens (tertiary/aromatic N) is 2. The lowest BCUT2D eigenvalue weighted by Gasteiger charge is -2.29. The summed E-state index contributed by atoms with van der Waals surface area (Å²) in [4.78, 5) is 25.6. The van der Waals surface area contributed by atoms with Gasteiger partial charge in [0.25, 0.3) is 11.5 Å². The quantitative estimate of drug-likeness (QED) is 0.927. The topological polar surface area (TPSA) is 64.0 Å². The summed E-state index contributed by atoms with van der Waals surface area (Å²) >= 11 is 0. The van der Waals surface area contributed by atoms with E-state index in [9.17, 15) is 9.59 Å². The zero-order chi connectivity index (χ0) is 18.0. The third kappa shape index (κ3) is 3.75. The van der Waals surface area contributed by atoms with Crippen LogP contribution in [0.2, 0.25) is 0 Å². The molecule has 0 radical (unpaired) electrons. The summed E-state index contributed by atoms with van der Waals surface area (Å²) in [6, 6.07) is 7.44. The Bertz CT molecular complexity index is 825. The highest BCUT2D eigenvalue weighted by Gasteiger charge is 2.25. The molecule has 134 valence electrons. The van der Waals surface area contributed by atoms with Gasteiger partial charge in [-0.1, -0.05) is 51.8 Å². The van der Waals surface area contributed by atoms with Gasteiger partial charge in [0.05, 0.1) is 5.39 Å². The fraction of sp³-hybridized carbons (Fsp3) is 0.550. The van der Waals surface area contributed by atoms with Crippen LogP contribution in [0.15, 0.2) is 29.1 Å². The number of rotatable bonds is 4.